The fourth-order valence-corrected chi connectivity index (χ4v) is 0.787. The fraction of sp³-hybridized carbons (Fsp3) is 0.667. The van der Waals surface area contributed by atoms with Crippen LogP contribution in [0.25, 0.3) is 0 Å². The molecule has 2 N–H and O–H groups in total. The molecule has 0 aliphatic rings. The number of rotatable bonds is 3. The van der Waals surface area contributed by atoms with Crippen molar-refractivity contribution in [2.24, 2.45) is 5.73 Å². The van der Waals surface area contributed by atoms with Gasteiger partial charge in [-0.3, -0.25) is 0 Å². The number of ether oxygens (including phenoxy) is 1. The van der Waals surface area contributed by atoms with Crippen LogP contribution in [-0.4, -0.2) is 23.9 Å². The average Bonchev–Trinajstić information content (AvgIpc) is 2.37. The van der Waals surface area contributed by atoms with Crippen LogP contribution in [0.1, 0.15) is 12.7 Å². The molecule has 1 heterocycles. The van der Waals surface area contributed by atoms with Gasteiger partial charge in [0.1, 0.15) is 5.54 Å². The van der Waals surface area contributed by atoms with E-state index < -0.39 is 5.54 Å². The first-order chi connectivity index (χ1) is 5.17. The molecule has 5 nitrogen and oxygen atoms in total. The van der Waals surface area contributed by atoms with Crippen LogP contribution in [0.2, 0.25) is 0 Å². The van der Waals surface area contributed by atoms with E-state index in [1.165, 1.54) is 6.39 Å². The smallest absolute Gasteiger partial charge is 0.213 e. The maximum Gasteiger partial charge on any atom is 0.213 e. The number of hydrogen-bond acceptors (Lipinski definition) is 5. The molecule has 0 spiro atoms. The molecule has 5 heteroatoms. The van der Waals surface area contributed by atoms with E-state index in [0.29, 0.717) is 12.4 Å². The number of nitrogens with two attached hydrogens (primary N) is 1. The van der Waals surface area contributed by atoms with Gasteiger partial charge in [-0.15, -0.1) is 0 Å². The summed E-state index contributed by atoms with van der Waals surface area (Å²) in [6, 6.07) is 0. The van der Waals surface area contributed by atoms with Gasteiger partial charge in [0.25, 0.3) is 0 Å². The maximum absolute atomic E-state index is 5.78. The summed E-state index contributed by atoms with van der Waals surface area (Å²) in [5, 5.41) is 3.62. The quantitative estimate of drug-likeness (QED) is 0.662. The zero-order valence-electron chi connectivity index (χ0n) is 6.57. The summed E-state index contributed by atoms with van der Waals surface area (Å²) >= 11 is 0. The van der Waals surface area contributed by atoms with Crippen LogP contribution in [0.4, 0.5) is 0 Å². The molecule has 0 aliphatic carbocycles. The summed E-state index contributed by atoms with van der Waals surface area (Å²) in [4.78, 5) is 3.82. The third-order valence-electron chi connectivity index (χ3n) is 1.32. The molecule has 0 saturated carbocycles. The largest absolute Gasteiger partial charge is 0.382 e. The Morgan fingerprint density at radius 1 is 1.82 bits per heavy atom. The van der Waals surface area contributed by atoms with Crippen LogP contribution in [0.15, 0.2) is 10.9 Å². The molecule has 0 aromatic carbocycles. The molecule has 0 radical (unpaired) electrons. The van der Waals surface area contributed by atoms with Crippen LogP contribution < -0.4 is 5.73 Å². The number of aromatic nitrogens is 2. The lowest BCUT2D eigenvalue weighted by atomic mass is 10.1. The minimum Gasteiger partial charge on any atom is -0.382 e. The van der Waals surface area contributed by atoms with Gasteiger partial charge in [0.05, 0.1) is 6.61 Å². The molecule has 1 atom stereocenters. The predicted molar refractivity (Wildman–Crippen MR) is 37.7 cm³/mol. The Bertz CT molecular complexity index is 208. The van der Waals surface area contributed by atoms with Crippen molar-refractivity contribution >= 4 is 0 Å². The first kappa shape index (κ1) is 8.16. The van der Waals surface area contributed by atoms with Gasteiger partial charge >= 0.3 is 0 Å². The third kappa shape index (κ3) is 1.75. The van der Waals surface area contributed by atoms with Gasteiger partial charge in [0, 0.05) is 7.11 Å². The van der Waals surface area contributed by atoms with E-state index in [9.17, 15) is 0 Å². The molecule has 11 heavy (non-hydrogen) atoms. The van der Waals surface area contributed by atoms with Crippen molar-refractivity contribution in [3.05, 3.63) is 12.2 Å². The Morgan fingerprint density at radius 3 is 3.00 bits per heavy atom. The van der Waals surface area contributed by atoms with Crippen molar-refractivity contribution in [1.82, 2.24) is 10.1 Å². The standard InChI is InChI=1S/C6H11N3O2/c1-6(7,3-10-2)5-8-4-11-9-5/h4H,3,7H2,1-2H3. The highest BCUT2D eigenvalue weighted by Crippen LogP contribution is 2.11. The molecular weight excluding hydrogens is 146 g/mol. The molecule has 1 aromatic heterocycles. The van der Waals surface area contributed by atoms with Gasteiger partial charge in [0.2, 0.25) is 6.39 Å². The van der Waals surface area contributed by atoms with E-state index in [4.69, 9.17) is 10.5 Å². The second-order valence-electron chi connectivity index (χ2n) is 2.61. The average molecular weight is 157 g/mol. The zero-order valence-corrected chi connectivity index (χ0v) is 6.57. The number of nitrogens with zero attached hydrogens (tertiary/aromatic N) is 2. The lowest BCUT2D eigenvalue weighted by Crippen LogP contribution is -2.38. The molecule has 1 aromatic rings. The highest BCUT2D eigenvalue weighted by molar-refractivity contribution is 4.98. The molecule has 1 unspecified atom stereocenters. The minimum absolute atomic E-state index is 0.368. The van der Waals surface area contributed by atoms with E-state index in [-0.39, 0.29) is 0 Å². The monoisotopic (exact) mass is 157 g/mol. The van der Waals surface area contributed by atoms with Gasteiger partial charge in [-0.25, -0.2) is 0 Å². The molecule has 0 saturated heterocycles. The Hall–Kier alpha value is -0.940. The molecule has 0 bridgehead atoms. The van der Waals surface area contributed by atoms with Gasteiger partial charge in [-0.2, -0.15) is 4.98 Å². The zero-order chi connectivity index (χ0) is 8.32. The van der Waals surface area contributed by atoms with Crippen molar-refractivity contribution in [2.45, 2.75) is 12.5 Å². The first-order valence-electron chi connectivity index (χ1n) is 3.21. The minimum atomic E-state index is -0.665. The lowest BCUT2D eigenvalue weighted by Gasteiger charge is -2.18. The summed E-state index contributed by atoms with van der Waals surface area (Å²) in [6.45, 7) is 2.15. The van der Waals surface area contributed by atoms with Crippen molar-refractivity contribution in [2.75, 3.05) is 13.7 Å². The molecule has 1 rings (SSSR count). The van der Waals surface area contributed by atoms with E-state index in [2.05, 4.69) is 14.7 Å². The van der Waals surface area contributed by atoms with Crippen LogP contribution in [0.3, 0.4) is 0 Å². The van der Waals surface area contributed by atoms with Crippen LogP contribution in [0, 0.1) is 0 Å². The lowest BCUT2D eigenvalue weighted by molar-refractivity contribution is 0.135. The molecule has 62 valence electrons. The number of methoxy groups -OCH3 is 1. The number of hydrogen-bond donors (Lipinski definition) is 1. The predicted octanol–water partition coefficient (Wildman–Crippen LogP) is -0.110. The van der Waals surface area contributed by atoms with E-state index >= 15 is 0 Å². The van der Waals surface area contributed by atoms with E-state index in [1.807, 2.05) is 0 Å². The first-order valence-corrected chi connectivity index (χ1v) is 3.21. The summed E-state index contributed by atoms with van der Waals surface area (Å²) < 4.78 is 9.43. The Morgan fingerprint density at radius 2 is 2.55 bits per heavy atom. The summed E-state index contributed by atoms with van der Waals surface area (Å²) in [5.41, 5.74) is 5.12. The Balaban J connectivity index is 2.73. The second kappa shape index (κ2) is 2.98. The van der Waals surface area contributed by atoms with Crippen LogP contribution >= 0.6 is 0 Å². The summed E-state index contributed by atoms with van der Waals surface area (Å²) in [7, 11) is 1.57. The molecule has 0 amide bonds. The van der Waals surface area contributed by atoms with Gasteiger partial charge in [-0.05, 0) is 6.92 Å². The van der Waals surface area contributed by atoms with Gasteiger partial charge in [-0.1, -0.05) is 5.16 Å². The van der Waals surface area contributed by atoms with Crippen molar-refractivity contribution in [3.8, 4) is 0 Å². The Labute approximate surface area is 64.5 Å². The normalized spacial score (nSPS) is 16.3. The van der Waals surface area contributed by atoms with Gasteiger partial charge < -0.3 is 15.0 Å². The highest BCUT2D eigenvalue weighted by Gasteiger charge is 2.25. The fourth-order valence-electron chi connectivity index (χ4n) is 0.787. The van der Waals surface area contributed by atoms with Crippen LogP contribution in [-0.2, 0) is 10.3 Å². The third-order valence-corrected chi connectivity index (χ3v) is 1.32. The topological polar surface area (TPSA) is 74.2 Å². The van der Waals surface area contributed by atoms with E-state index in [0.717, 1.165) is 0 Å². The summed E-state index contributed by atoms with van der Waals surface area (Å²) in [5.74, 6) is 0.458. The van der Waals surface area contributed by atoms with E-state index in [1.54, 1.807) is 14.0 Å². The van der Waals surface area contributed by atoms with Crippen LogP contribution in [0.5, 0.6) is 0 Å². The highest BCUT2D eigenvalue weighted by atomic mass is 16.5. The van der Waals surface area contributed by atoms with Gasteiger partial charge in [0.15, 0.2) is 5.82 Å². The maximum atomic E-state index is 5.78. The second-order valence-corrected chi connectivity index (χ2v) is 2.61. The van der Waals surface area contributed by atoms with Crippen molar-refractivity contribution < 1.29 is 9.26 Å². The Kier molecular flexibility index (Phi) is 2.21. The van der Waals surface area contributed by atoms with Crippen molar-refractivity contribution in [3.63, 3.8) is 0 Å². The molecular formula is C6H11N3O2. The SMILES string of the molecule is COCC(C)(N)c1ncon1. The van der Waals surface area contributed by atoms with Crippen molar-refractivity contribution in [1.29, 1.82) is 0 Å². The molecule has 0 aliphatic heterocycles. The molecule has 0 fully saturated rings. The summed E-state index contributed by atoms with van der Waals surface area (Å²) in [6.07, 6.45) is 1.25.